The number of aromatic nitrogens is 1. The molecule has 28 heavy (non-hydrogen) atoms. The number of fused-ring (bicyclic) bond motifs is 1. The minimum absolute atomic E-state index is 0.0921. The summed E-state index contributed by atoms with van der Waals surface area (Å²) in [5.41, 5.74) is 2.93. The molecule has 1 atom stereocenters. The van der Waals surface area contributed by atoms with E-state index < -0.39 is 0 Å². The smallest absolute Gasteiger partial charge is 0.270 e. The summed E-state index contributed by atoms with van der Waals surface area (Å²) < 4.78 is 2.03. The molecule has 0 bridgehead atoms. The number of likely N-dealkylation sites (N-methyl/N-ethyl adjacent to an activating group) is 1. The molecular weight excluding hydrogens is 352 g/mol. The monoisotopic (exact) mass is 382 g/mol. The first kappa shape index (κ1) is 19.0. The van der Waals surface area contributed by atoms with E-state index in [-0.39, 0.29) is 17.4 Å². The fraction of sp³-hybridized carbons (Fsp3) is 0.545. The molecule has 0 saturated carbocycles. The highest BCUT2D eigenvalue weighted by Crippen LogP contribution is 2.33. The van der Waals surface area contributed by atoms with E-state index in [1.165, 1.54) is 5.56 Å². The number of aryl methyl sites for hydroxylation is 2. The molecule has 1 unspecified atom stereocenters. The number of hydrogen-bond donors (Lipinski definition) is 0. The van der Waals surface area contributed by atoms with Crippen molar-refractivity contribution < 1.29 is 9.59 Å². The van der Waals surface area contributed by atoms with Crippen molar-refractivity contribution in [1.29, 1.82) is 0 Å². The number of nitrogens with zero attached hydrogens (tertiary/aromatic N) is 4. The highest BCUT2D eigenvalue weighted by atomic mass is 16.2. The molecule has 2 aliphatic rings. The van der Waals surface area contributed by atoms with E-state index in [1.54, 1.807) is 0 Å². The molecule has 150 valence electrons. The molecule has 1 aromatic carbocycles. The van der Waals surface area contributed by atoms with Crippen LogP contribution in [0.5, 0.6) is 0 Å². The second-order valence-corrected chi connectivity index (χ2v) is 8.54. The molecule has 3 heterocycles. The van der Waals surface area contributed by atoms with Crippen LogP contribution in [0.3, 0.4) is 0 Å². The van der Waals surface area contributed by atoms with Gasteiger partial charge in [0.1, 0.15) is 5.69 Å². The van der Waals surface area contributed by atoms with Crippen LogP contribution in [-0.4, -0.2) is 76.9 Å². The van der Waals surface area contributed by atoms with E-state index in [1.807, 2.05) is 40.6 Å². The third kappa shape index (κ3) is 3.00. The van der Waals surface area contributed by atoms with Gasteiger partial charge in [-0.1, -0.05) is 18.2 Å². The summed E-state index contributed by atoms with van der Waals surface area (Å²) in [6, 6.07) is 8.20. The van der Waals surface area contributed by atoms with E-state index in [9.17, 15) is 9.59 Å². The molecule has 6 nitrogen and oxygen atoms in total. The highest BCUT2D eigenvalue weighted by Gasteiger charge is 2.43. The Morgan fingerprint density at radius 1 is 1.07 bits per heavy atom. The van der Waals surface area contributed by atoms with Crippen LogP contribution in [-0.2, 0) is 11.8 Å². The molecule has 1 spiro atoms. The van der Waals surface area contributed by atoms with Crippen molar-refractivity contribution in [3.63, 3.8) is 0 Å². The predicted octanol–water partition coefficient (Wildman–Crippen LogP) is 2.26. The van der Waals surface area contributed by atoms with Gasteiger partial charge < -0.3 is 14.4 Å². The van der Waals surface area contributed by atoms with E-state index in [4.69, 9.17) is 0 Å². The Bertz CT molecular complexity index is 934. The largest absolute Gasteiger partial charge is 0.346 e. The van der Waals surface area contributed by atoms with E-state index in [0.717, 1.165) is 49.1 Å². The highest BCUT2D eigenvalue weighted by molar-refractivity contribution is 5.99. The number of likely N-dealkylation sites (tertiary alicyclic amines) is 1. The Morgan fingerprint density at radius 2 is 1.86 bits per heavy atom. The maximum absolute atomic E-state index is 13.5. The van der Waals surface area contributed by atoms with E-state index in [2.05, 4.69) is 31.0 Å². The van der Waals surface area contributed by atoms with Gasteiger partial charge in [0.25, 0.3) is 5.91 Å². The SMILES string of the molecule is Cc1cccc2cc(C(=O)N3CCN(C)C4(CCC(=O)N(C)CC4)C3)n(C)c12. The average Bonchev–Trinajstić information content (AvgIpc) is 2.95. The number of carbonyl (C=O) groups excluding carboxylic acids is 2. The Hall–Kier alpha value is -2.34. The topological polar surface area (TPSA) is 48.8 Å². The molecular formula is C22H30N4O2. The lowest BCUT2D eigenvalue weighted by molar-refractivity contribution is -0.129. The molecule has 2 saturated heterocycles. The number of benzene rings is 1. The fourth-order valence-corrected chi connectivity index (χ4v) is 4.92. The van der Waals surface area contributed by atoms with Gasteiger partial charge in [0, 0.05) is 57.6 Å². The summed E-state index contributed by atoms with van der Waals surface area (Å²) in [4.78, 5) is 31.8. The number of carbonyl (C=O) groups is 2. The average molecular weight is 383 g/mol. The maximum atomic E-state index is 13.5. The molecule has 4 rings (SSSR count). The summed E-state index contributed by atoms with van der Waals surface area (Å²) >= 11 is 0. The van der Waals surface area contributed by atoms with Crippen molar-refractivity contribution >= 4 is 22.7 Å². The van der Waals surface area contributed by atoms with Crippen LogP contribution in [0.2, 0.25) is 0 Å². The molecule has 0 aliphatic carbocycles. The molecule has 2 fully saturated rings. The van der Waals surface area contributed by atoms with E-state index in [0.29, 0.717) is 13.0 Å². The molecule has 1 aromatic heterocycles. The van der Waals surface area contributed by atoms with Crippen molar-refractivity contribution in [2.75, 3.05) is 40.3 Å². The molecule has 2 amide bonds. The van der Waals surface area contributed by atoms with Gasteiger partial charge in [0.15, 0.2) is 0 Å². The van der Waals surface area contributed by atoms with Crippen LogP contribution in [0.4, 0.5) is 0 Å². The van der Waals surface area contributed by atoms with Gasteiger partial charge in [-0.25, -0.2) is 0 Å². The summed E-state index contributed by atoms with van der Waals surface area (Å²) in [5, 5.41) is 1.11. The Balaban J connectivity index is 1.63. The van der Waals surface area contributed by atoms with Crippen LogP contribution in [0.1, 0.15) is 35.3 Å². The second kappa shape index (κ2) is 6.92. The van der Waals surface area contributed by atoms with Crippen molar-refractivity contribution in [3.05, 3.63) is 35.5 Å². The predicted molar refractivity (Wildman–Crippen MR) is 110 cm³/mol. The summed E-state index contributed by atoms with van der Waals surface area (Å²) in [6.07, 6.45) is 2.27. The maximum Gasteiger partial charge on any atom is 0.270 e. The first-order valence-electron chi connectivity index (χ1n) is 10.1. The zero-order valence-corrected chi connectivity index (χ0v) is 17.4. The zero-order chi connectivity index (χ0) is 20.1. The summed E-state index contributed by atoms with van der Waals surface area (Å²) in [6.45, 7) is 5.08. The third-order valence-electron chi connectivity index (χ3n) is 6.91. The van der Waals surface area contributed by atoms with Gasteiger partial charge in [-0.2, -0.15) is 0 Å². The number of para-hydroxylation sites is 1. The van der Waals surface area contributed by atoms with Gasteiger partial charge in [-0.05, 0) is 38.4 Å². The van der Waals surface area contributed by atoms with Crippen molar-refractivity contribution in [2.45, 2.75) is 31.7 Å². The van der Waals surface area contributed by atoms with Crippen molar-refractivity contribution in [2.24, 2.45) is 7.05 Å². The van der Waals surface area contributed by atoms with Gasteiger partial charge in [-0.3, -0.25) is 14.5 Å². The Kier molecular flexibility index (Phi) is 4.70. The fourth-order valence-electron chi connectivity index (χ4n) is 4.92. The van der Waals surface area contributed by atoms with Gasteiger partial charge in [-0.15, -0.1) is 0 Å². The first-order valence-corrected chi connectivity index (χ1v) is 10.1. The Morgan fingerprint density at radius 3 is 2.61 bits per heavy atom. The third-order valence-corrected chi connectivity index (χ3v) is 6.91. The molecule has 2 aromatic rings. The normalized spacial score (nSPS) is 24.2. The quantitative estimate of drug-likeness (QED) is 0.760. The van der Waals surface area contributed by atoms with Gasteiger partial charge >= 0.3 is 0 Å². The van der Waals surface area contributed by atoms with Crippen molar-refractivity contribution in [3.8, 4) is 0 Å². The van der Waals surface area contributed by atoms with E-state index >= 15 is 0 Å². The number of rotatable bonds is 1. The lowest BCUT2D eigenvalue weighted by atomic mass is 9.86. The second-order valence-electron chi connectivity index (χ2n) is 8.54. The van der Waals surface area contributed by atoms with Gasteiger partial charge in [0.2, 0.25) is 5.91 Å². The molecule has 6 heteroatoms. The summed E-state index contributed by atoms with van der Waals surface area (Å²) in [5.74, 6) is 0.299. The minimum atomic E-state index is -0.116. The van der Waals surface area contributed by atoms with Crippen LogP contribution in [0, 0.1) is 6.92 Å². The lowest BCUT2D eigenvalue weighted by Gasteiger charge is -2.49. The van der Waals surface area contributed by atoms with Crippen LogP contribution >= 0.6 is 0 Å². The van der Waals surface area contributed by atoms with Crippen LogP contribution in [0.25, 0.3) is 10.9 Å². The molecule has 0 radical (unpaired) electrons. The number of hydrogen-bond acceptors (Lipinski definition) is 3. The standard InChI is InChI=1S/C22H30N4O2/c1-16-6-5-7-17-14-18(25(4)20(16)17)21(28)26-13-12-24(3)22(15-26)9-8-19(27)23(2)11-10-22/h5-7,14H,8-13,15H2,1-4H3. The number of piperazine rings is 1. The van der Waals surface area contributed by atoms with Crippen LogP contribution in [0.15, 0.2) is 24.3 Å². The Labute approximate surface area is 166 Å². The van der Waals surface area contributed by atoms with Crippen LogP contribution < -0.4 is 0 Å². The van der Waals surface area contributed by atoms with Gasteiger partial charge in [0.05, 0.1) is 5.52 Å². The van der Waals surface area contributed by atoms with Crippen molar-refractivity contribution in [1.82, 2.24) is 19.3 Å². The molecule has 2 aliphatic heterocycles. The minimum Gasteiger partial charge on any atom is -0.346 e. The summed E-state index contributed by atoms with van der Waals surface area (Å²) in [7, 11) is 6.00. The lowest BCUT2D eigenvalue weighted by Crippen LogP contribution is -2.62. The molecule has 0 N–H and O–H groups in total. The zero-order valence-electron chi connectivity index (χ0n) is 17.4. The number of amides is 2. The first-order chi connectivity index (χ1) is 13.3.